The Morgan fingerprint density at radius 1 is 1.11 bits per heavy atom. The molecule has 0 atom stereocenters. The molecule has 1 aliphatic heterocycles. The molecule has 0 bridgehead atoms. The maximum atomic E-state index is 12.5. The normalized spacial score (nSPS) is 14.0. The van der Waals surface area contributed by atoms with Gasteiger partial charge in [0.1, 0.15) is 0 Å². The summed E-state index contributed by atoms with van der Waals surface area (Å²) in [6, 6.07) is 17.5. The van der Waals surface area contributed by atoms with E-state index in [1.54, 1.807) is 12.1 Å². The molecule has 0 fully saturated rings. The average molecular weight is 412 g/mol. The molecule has 2 aromatic carbocycles. The summed E-state index contributed by atoms with van der Waals surface area (Å²) in [5.74, 6) is 0.729. The van der Waals surface area contributed by atoms with Crippen LogP contribution in [0.2, 0.25) is 5.02 Å². The minimum absolute atomic E-state index is 0.0656. The lowest BCUT2D eigenvalue weighted by Gasteiger charge is -2.26. The van der Waals surface area contributed by atoms with E-state index in [1.165, 1.54) is 22.9 Å². The lowest BCUT2D eigenvalue weighted by molar-refractivity contribution is -0.127. The van der Waals surface area contributed by atoms with Gasteiger partial charge in [-0.1, -0.05) is 65.8 Å². The summed E-state index contributed by atoms with van der Waals surface area (Å²) in [5.41, 5.74) is 3.27. The third-order valence-electron chi connectivity index (χ3n) is 4.50. The van der Waals surface area contributed by atoms with Gasteiger partial charge in [-0.05, 0) is 35.8 Å². The summed E-state index contributed by atoms with van der Waals surface area (Å²) < 4.78 is 5.64. The smallest absolute Gasteiger partial charge is 0.277 e. The molecule has 2 heterocycles. The van der Waals surface area contributed by atoms with Crippen molar-refractivity contribution in [3.63, 3.8) is 0 Å². The quantitative estimate of drug-likeness (QED) is 0.564. The molecule has 0 radical (unpaired) electrons. The zero-order valence-corrected chi connectivity index (χ0v) is 16.6. The molecule has 0 unspecified atom stereocenters. The van der Waals surface area contributed by atoms with Gasteiger partial charge in [0.05, 0.1) is 5.75 Å². The van der Waals surface area contributed by atoms with E-state index in [0.717, 1.165) is 18.5 Å². The maximum Gasteiger partial charge on any atom is 0.277 e. The van der Waals surface area contributed by atoms with E-state index >= 15 is 0 Å². The minimum Gasteiger partial charge on any atom is -0.411 e. The molecule has 28 heavy (non-hydrogen) atoms. The Bertz CT molecular complexity index is 1000. The molecule has 7 heteroatoms. The third-order valence-corrected chi connectivity index (χ3v) is 5.54. The second-order valence-electron chi connectivity index (χ2n) is 6.36. The first-order valence-electron chi connectivity index (χ1n) is 8.93. The number of rotatable bonds is 5. The van der Waals surface area contributed by atoms with Gasteiger partial charge in [0.25, 0.3) is 5.22 Å². The summed E-state index contributed by atoms with van der Waals surface area (Å²) in [6.45, 7) is 1.35. The number of carbonyl (C=O) groups excluding carboxylic acids is 1. The second-order valence-corrected chi connectivity index (χ2v) is 7.72. The van der Waals surface area contributed by atoms with E-state index in [4.69, 9.17) is 16.0 Å². The van der Waals surface area contributed by atoms with Crippen LogP contribution in [-0.2, 0) is 4.79 Å². The predicted octanol–water partition coefficient (Wildman–Crippen LogP) is 4.80. The summed E-state index contributed by atoms with van der Waals surface area (Å²) in [5, 5.41) is 9.02. The molecule has 0 N–H and O–H groups in total. The fourth-order valence-electron chi connectivity index (χ4n) is 3.03. The highest BCUT2D eigenvalue weighted by Crippen LogP contribution is 2.26. The molecule has 1 aromatic heterocycles. The number of thioether (sulfide) groups is 1. The zero-order chi connectivity index (χ0) is 19.3. The van der Waals surface area contributed by atoms with Crippen molar-refractivity contribution in [3.8, 4) is 11.5 Å². The van der Waals surface area contributed by atoms with Crippen molar-refractivity contribution < 1.29 is 9.21 Å². The van der Waals surface area contributed by atoms with Crippen LogP contribution >= 0.6 is 23.4 Å². The Labute approximate surface area is 172 Å². The van der Waals surface area contributed by atoms with Gasteiger partial charge >= 0.3 is 0 Å². The Morgan fingerprint density at radius 2 is 1.93 bits per heavy atom. The number of hydrogen-bond acceptors (Lipinski definition) is 5. The number of hydrogen-bond donors (Lipinski definition) is 0. The maximum absolute atomic E-state index is 12.5. The molecule has 3 aromatic rings. The number of benzene rings is 2. The first-order chi connectivity index (χ1) is 13.7. The van der Waals surface area contributed by atoms with Crippen LogP contribution < -0.4 is 0 Å². The molecular weight excluding hydrogens is 394 g/mol. The van der Waals surface area contributed by atoms with Gasteiger partial charge in [-0.2, -0.15) is 0 Å². The van der Waals surface area contributed by atoms with Gasteiger partial charge in [0, 0.05) is 23.7 Å². The molecule has 4 rings (SSSR count). The molecular formula is C21H18ClN3O2S. The van der Waals surface area contributed by atoms with Crippen molar-refractivity contribution in [1.82, 2.24) is 15.1 Å². The number of halogens is 1. The third kappa shape index (κ3) is 4.46. The molecule has 0 aliphatic carbocycles. The highest BCUT2D eigenvalue weighted by molar-refractivity contribution is 7.99. The Morgan fingerprint density at radius 3 is 2.68 bits per heavy atom. The summed E-state index contributed by atoms with van der Waals surface area (Å²) in [4.78, 5) is 14.4. The summed E-state index contributed by atoms with van der Waals surface area (Å²) in [7, 11) is 0. The zero-order valence-electron chi connectivity index (χ0n) is 15.0. The standard InChI is InChI=1S/C21H18ClN3O2S/c22-18-8-4-7-17(13-18)20-23-24-21(27-20)28-14-19(26)25-11-9-16(10-12-25)15-5-2-1-3-6-15/h1-9,13H,10-12,14H2. The van der Waals surface area contributed by atoms with Crippen molar-refractivity contribution in [1.29, 1.82) is 0 Å². The number of nitrogens with zero attached hydrogens (tertiary/aromatic N) is 3. The van der Waals surface area contributed by atoms with Crippen molar-refractivity contribution >= 4 is 34.8 Å². The minimum atomic E-state index is 0.0656. The largest absolute Gasteiger partial charge is 0.411 e. The molecule has 0 saturated heterocycles. The van der Waals surface area contributed by atoms with E-state index in [9.17, 15) is 4.79 Å². The molecule has 1 amide bonds. The lowest BCUT2D eigenvalue weighted by atomic mass is 10.00. The van der Waals surface area contributed by atoms with Gasteiger partial charge in [-0.15, -0.1) is 10.2 Å². The van der Waals surface area contributed by atoms with Crippen LogP contribution in [0.5, 0.6) is 0 Å². The highest BCUT2D eigenvalue weighted by atomic mass is 35.5. The fourth-order valence-corrected chi connectivity index (χ4v) is 3.89. The molecule has 0 saturated carbocycles. The Hall–Kier alpha value is -2.57. The second kappa shape index (κ2) is 8.63. The van der Waals surface area contributed by atoms with Crippen molar-refractivity contribution in [3.05, 3.63) is 71.3 Å². The van der Waals surface area contributed by atoms with Crippen LogP contribution in [0.1, 0.15) is 12.0 Å². The number of carbonyl (C=O) groups is 1. The average Bonchev–Trinajstić information content (AvgIpc) is 3.22. The van der Waals surface area contributed by atoms with Crippen LogP contribution in [0.3, 0.4) is 0 Å². The Balaban J connectivity index is 1.32. The first kappa shape index (κ1) is 18.8. The predicted molar refractivity (Wildman–Crippen MR) is 111 cm³/mol. The van der Waals surface area contributed by atoms with E-state index < -0.39 is 0 Å². The van der Waals surface area contributed by atoms with Gasteiger partial charge in [-0.25, -0.2) is 0 Å². The summed E-state index contributed by atoms with van der Waals surface area (Å²) in [6.07, 6.45) is 2.99. The van der Waals surface area contributed by atoms with Crippen molar-refractivity contribution in [2.45, 2.75) is 11.6 Å². The lowest BCUT2D eigenvalue weighted by Crippen LogP contribution is -2.35. The Kier molecular flexibility index (Phi) is 5.78. The van der Waals surface area contributed by atoms with E-state index in [2.05, 4.69) is 28.4 Å². The van der Waals surface area contributed by atoms with Crippen molar-refractivity contribution in [2.24, 2.45) is 0 Å². The van der Waals surface area contributed by atoms with Crippen LogP contribution in [-0.4, -0.2) is 39.8 Å². The number of amides is 1. The van der Waals surface area contributed by atoms with Crippen LogP contribution in [0, 0.1) is 0 Å². The molecule has 1 aliphatic rings. The number of aromatic nitrogens is 2. The van der Waals surface area contributed by atoms with E-state index in [-0.39, 0.29) is 11.7 Å². The molecule has 5 nitrogen and oxygen atoms in total. The van der Waals surface area contributed by atoms with Crippen LogP contribution in [0.15, 0.2) is 70.3 Å². The van der Waals surface area contributed by atoms with Crippen LogP contribution in [0.25, 0.3) is 17.0 Å². The van der Waals surface area contributed by atoms with Gasteiger partial charge in [-0.3, -0.25) is 4.79 Å². The van der Waals surface area contributed by atoms with E-state index in [0.29, 0.717) is 22.7 Å². The van der Waals surface area contributed by atoms with Crippen molar-refractivity contribution in [2.75, 3.05) is 18.8 Å². The summed E-state index contributed by atoms with van der Waals surface area (Å²) >= 11 is 7.24. The highest BCUT2D eigenvalue weighted by Gasteiger charge is 2.19. The monoisotopic (exact) mass is 411 g/mol. The van der Waals surface area contributed by atoms with E-state index in [1.807, 2.05) is 35.2 Å². The van der Waals surface area contributed by atoms with Gasteiger partial charge in [0.2, 0.25) is 11.8 Å². The first-order valence-corrected chi connectivity index (χ1v) is 10.3. The molecule has 0 spiro atoms. The SMILES string of the molecule is O=C(CSc1nnc(-c2cccc(Cl)c2)o1)N1CC=C(c2ccccc2)CC1. The topological polar surface area (TPSA) is 59.2 Å². The fraction of sp³-hybridized carbons (Fsp3) is 0.190. The van der Waals surface area contributed by atoms with Gasteiger partial charge < -0.3 is 9.32 Å². The molecule has 142 valence electrons. The van der Waals surface area contributed by atoms with Crippen LogP contribution in [0.4, 0.5) is 0 Å². The van der Waals surface area contributed by atoms with Gasteiger partial charge in [0.15, 0.2) is 0 Å².